The van der Waals surface area contributed by atoms with E-state index in [-0.39, 0.29) is 61.8 Å². The molecule has 0 bridgehead atoms. The van der Waals surface area contributed by atoms with Gasteiger partial charge in [0, 0.05) is 0 Å². The van der Waals surface area contributed by atoms with E-state index in [9.17, 15) is 0 Å². The van der Waals surface area contributed by atoms with E-state index in [4.69, 9.17) is 0 Å². The van der Waals surface area contributed by atoms with E-state index in [2.05, 4.69) is 118 Å². The van der Waals surface area contributed by atoms with E-state index in [1.807, 2.05) is 9.85 Å². The van der Waals surface area contributed by atoms with E-state index in [1.54, 1.807) is 4.79 Å². The zero-order chi connectivity index (χ0) is 21.6. The minimum atomic E-state index is -1.23. The fraction of sp³-hybridized carbons (Fsp3) is 0.346. The van der Waals surface area contributed by atoms with Gasteiger partial charge in [0.05, 0.1) is 8.07 Å². The van der Waals surface area contributed by atoms with E-state index in [1.165, 1.54) is 32.3 Å². The maximum Gasteiger partial charge on any atom is 4.00 e. The summed E-state index contributed by atoms with van der Waals surface area (Å²) in [7, 11) is 2.85. The van der Waals surface area contributed by atoms with Crippen LogP contribution in [0.3, 0.4) is 0 Å². The third-order valence-corrected chi connectivity index (χ3v) is 12.2. The fourth-order valence-corrected chi connectivity index (χ4v) is 7.03. The smallest absolute Gasteiger partial charge is 1.00 e. The molecule has 32 heavy (non-hydrogen) atoms. The van der Waals surface area contributed by atoms with Gasteiger partial charge >= 0.3 is 26.2 Å². The average Bonchev–Trinajstić information content (AvgIpc) is 3.02. The zero-order valence-corrected chi connectivity index (χ0v) is 28.2. The van der Waals surface area contributed by atoms with Crippen molar-refractivity contribution in [3.63, 3.8) is 0 Å². The van der Waals surface area contributed by atoms with Gasteiger partial charge in [-0.1, -0.05) is 97.1 Å². The van der Waals surface area contributed by atoms with Gasteiger partial charge in [-0.05, 0) is 9.85 Å². The maximum absolute atomic E-state index is 3.65. The maximum atomic E-state index is 3.65. The summed E-state index contributed by atoms with van der Waals surface area (Å²) in [5.74, 6) is 0. The van der Waals surface area contributed by atoms with Crippen LogP contribution >= 0.6 is 0 Å². The van der Waals surface area contributed by atoms with Crippen molar-refractivity contribution in [1.29, 1.82) is 0 Å². The van der Waals surface area contributed by atoms with Gasteiger partial charge in [-0.3, -0.25) is 0 Å². The minimum Gasteiger partial charge on any atom is -1.00 e. The molecule has 0 atom stereocenters. The Morgan fingerprint density at radius 2 is 1.44 bits per heavy atom. The fourth-order valence-electron chi connectivity index (χ4n) is 4.38. The topological polar surface area (TPSA) is 0 Å². The number of benzene rings is 2. The summed E-state index contributed by atoms with van der Waals surface area (Å²) in [4.78, 5) is 1.64. The molecule has 0 N–H and O–H groups in total. The Bertz CT molecular complexity index is 1110. The predicted octanol–water partition coefficient (Wildman–Crippen LogP) is -3.44. The molecule has 4 rings (SSSR count). The molecule has 2 aliphatic rings. The Hall–Kier alpha value is -0.0962. The SMILES string of the molecule is CC1(C)[C-]=c2ccccc2=C1C(=[SiH2])[Si](C)(C)C.CC1(C)[CH-]C(=[SiH2])c2ccccc21.[Cl-].[Cl-].[Zr+4]. The largest absolute Gasteiger partial charge is 4.00 e. The molecule has 0 nitrogen and oxygen atoms in total. The van der Waals surface area contributed by atoms with Gasteiger partial charge in [0.2, 0.25) is 0 Å². The zero-order valence-electron chi connectivity index (χ0n) is 20.4. The van der Waals surface area contributed by atoms with Gasteiger partial charge in [0.15, 0.2) is 0 Å². The van der Waals surface area contributed by atoms with Crippen LogP contribution in [0.4, 0.5) is 0 Å². The van der Waals surface area contributed by atoms with Gasteiger partial charge in [0.25, 0.3) is 0 Å². The quantitative estimate of drug-likeness (QED) is 0.252. The van der Waals surface area contributed by atoms with Crippen LogP contribution in [0.5, 0.6) is 0 Å². The summed E-state index contributed by atoms with van der Waals surface area (Å²) in [6.07, 6.45) is 6.00. The number of hydrogen-bond donors (Lipinski definition) is 0. The molecule has 0 radical (unpaired) electrons. The molecule has 2 aromatic rings. The second-order valence-electron chi connectivity index (χ2n) is 10.3. The van der Waals surface area contributed by atoms with Crippen molar-refractivity contribution in [2.45, 2.75) is 52.8 Å². The van der Waals surface area contributed by atoms with Gasteiger partial charge in [-0.2, -0.15) is 22.9 Å². The number of hydrogen-bond acceptors (Lipinski definition) is 0. The van der Waals surface area contributed by atoms with Gasteiger partial charge in [0.1, 0.15) is 0 Å². The van der Waals surface area contributed by atoms with Crippen LogP contribution in [0, 0.1) is 11.8 Å². The second-order valence-corrected chi connectivity index (χ2v) is 17.6. The molecule has 0 fully saturated rings. The van der Waals surface area contributed by atoms with Crippen molar-refractivity contribution in [3.8, 4) is 0 Å². The molecular formula is C26H34Cl2Si3Zr. The number of fused-ring (bicyclic) bond motifs is 2. The predicted molar refractivity (Wildman–Crippen MR) is 140 cm³/mol. The van der Waals surface area contributed by atoms with Crippen LogP contribution < -0.4 is 35.3 Å². The second kappa shape index (κ2) is 11.6. The molecule has 2 aromatic carbocycles. The molecule has 0 saturated heterocycles. The number of halogens is 2. The van der Waals surface area contributed by atoms with E-state index in [0.29, 0.717) is 0 Å². The molecule has 0 unspecified atom stereocenters. The Labute approximate surface area is 233 Å². The van der Waals surface area contributed by atoms with Crippen molar-refractivity contribution in [3.05, 3.63) is 76.5 Å². The Kier molecular flexibility index (Phi) is 11.5. The average molecular weight is 593 g/mol. The summed E-state index contributed by atoms with van der Waals surface area (Å²) in [6.45, 7) is 16.4. The van der Waals surface area contributed by atoms with Crippen LogP contribution in [0.2, 0.25) is 19.6 Å². The molecule has 0 saturated carbocycles. The van der Waals surface area contributed by atoms with Crippen LogP contribution in [0.15, 0.2) is 48.5 Å². The Morgan fingerprint density at radius 1 is 0.906 bits per heavy atom. The third kappa shape index (κ3) is 6.52. The molecule has 0 heterocycles. The first-order chi connectivity index (χ1) is 13.3. The van der Waals surface area contributed by atoms with Crippen molar-refractivity contribution in [1.82, 2.24) is 0 Å². The van der Waals surface area contributed by atoms with Crippen molar-refractivity contribution in [2.75, 3.05) is 0 Å². The molecule has 0 spiro atoms. The first kappa shape index (κ1) is 31.9. The summed E-state index contributed by atoms with van der Waals surface area (Å²) in [5.41, 5.74) is 4.75. The third-order valence-electron chi connectivity index (χ3n) is 5.98. The summed E-state index contributed by atoms with van der Waals surface area (Å²) in [5, 5.41) is 4.13. The van der Waals surface area contributed by atoms with Gasteiger partial charge < -0.3 is 24.8 Å². The molecule has 6 heteroatoms. The van der Waals surface area contributed by atoms with Crippen LogP contribution in [-0.4, -0.2) is 37.7 Å². The Morgan fingerprint density at radius 3 is 2.00 bits per heavy atom. The summed E-state index contributed by atoms with van der Waals surface area (Å²) < 4.78 is 0. The normalized spacial score (nSPS) is 16.3. The molecular weight excluding hydrogens is 559 g/mol. The Balaban J connectivity index is 0.000000573. The summed E-state index contributed by atoms with van der Waals surface area (Å²) in [6, 6.07) is 17.4. The monoisotopic (exact) mass is 590 g/mol. The van der Waals surface area contributed by atoms with E-state index in [0.717, 1.165) is 0 Å². The molecule has 0 aromatic heterocycles. The van der Waals surface area contributed by atoms with Crippen molar-refractivity contribution in [2.24, 2.45) is 5.41 Å². The number of rotatable bonds is 2. The first-order valence-electron chi connectivity index (χ1n) is 10.4. The molecule has 0 amide bonds. The molecule has 0 aliphatic heterocycles. The van der Waals surface area contributed by atoms with Gasteiger partial charge in [-0.25, -0.2) is 11.6 Å². The van der Waals surface area contributed by atoms with Crippen molar-refractivity contribution >= 4 is 49.4 Å². The van der Waals surface area contributed by atoms with E-state index < -0.39 is 8.07 Å². The van der Waals surface area contributed by atoms with Gasteiger partial charge in [-0.15, -0.1) is 34.6 Å². The van der Waals surface area contributed by atoms with Crippen LogP contribution in [-0.2, 0) is 31.6 Å². The minimum absolute atomic E-state index is 0. The first-order valence-corrected chi connectivity index (χ1v) is 15.4. The summed E-state index contributed by atoms with van der Waals surface area (Å²) >= 11 is 0. The van der Waals surface area contributed by atoms with Crippen LogP contribution in [0.1, 0.15) is 38.8 Å². The molecule has 2 aliphatic carbocycles. The van der Waals surface area contributed by atoms with Crippen molar-refractivity contribution < 1.29 is 51.0 Å². The van der Waals surface area contributed by atoms with Crippen LogP contribution in [0.25, 0.3) is 11.6 Å². The van der Waals surface area contributed by atoms with E-state index >= 15 is 0 Å². The molecule has 168 valence electrons. The standard InChI is InChI=1S/C15H21Si2.C11H13Si.2ClH.Zr/c1-15(2)10-11-8-6-7-9-12(11)13(15)14(16)17(3,4)5;1-11(2)7-10(12)8-5-3-4-6-9(8)11;;;/h6-9H,16H2,1-5H3;3-7H,12H2,1-2H3;2*1H;/q2*-1;;;+4/p-2.